The van der Waals surface area contributed by atoms with Gasteiger partial charge in [0.25, 0.3) is 0 Å². The third-order valence-electron chi connectivity index (χ3n) is 3.20. The van der Waals surface area contributed by atoms with E-state index in [0.717, 1.165) is 22.8 Å². The maximum Gasteiger partial charge on any atom is 0.0764 e. The van der Waals surface area contributed by atoms with Crippen molar-refractivity contribution in [3.05, 3.63) is 72.3 Å². The highest BCUT2D eigenvalue weighted by molar-refractivity contribution is 5.49. The summed E-state index contributed by atoms with van der Waals surface area (Å²) in [5.41, 5.74) is 4.20. The van der Waals surface area contributed by atoms with E-state index in [1.807, 2.05) is 59.4 Å². The van der Waals surface area contributed by atoms with Crippen LogP contribution in [0, 0.1) is 6.92 Å². The number of hydrogen-bond acceptors (Lipinski definition) is 3. The SMILES string of the molecule is Cc1c(NCc2ccccn2)cnn1-c1ccccc1. The number of rotatable bonds is 4. The van der Waals surface area contributed by atoms with Crippen LogP contribution < -0.4 is 5.32 Å². The number of benzene rings is 1. The van der Waals surface area contributed by atoms with Gasteiger partial charge in [0.05, 0.1) is 35.5 Å². The number of hydrogen-bond donors (Lipinski definition) is 1. The molecule has 0 aliphatic rings. The van der Waals surface area contributed by atoms with Crippen molar-refractivity contribution in [2.75, 3.05) is 5.32 Å². The molecule has 0 bridgehead atoms. The van der Waals surface area contributed by atoms with Crippen LogP contribution in [0.3, 0.4) is 0 Å². The Morgan fingerprint density at radius 1 is 1.05 bits per heavy atom. The summed E-state index contributed by atoms with van der Waals surface area (Å²) in [7, 11) is 0. The van der Waals surface area contributed by atoms with Crippen molar-refractivity contribution in [3.63, 3.8) is 0 Å². The second kappa shape index (κ2) is 5.57. The predicted octanol–water partition coefficient (Wildman–Crippen LogP) is 3.19. The molecule has 0 amide bonds. The van der Waals surface area contributed by atoms with Crippen molar-refractivity contribution in [3.8, 4) is 5.69 Å². The van der Waals surface area contributed by atoms with Crippen molar-refractivity contribution < 1.29 is 0 Å². The minimum absolute atomic E-state index is 0.697. The first kappa shape index (κ1) is 12.4. The smallest absolute Gasteiger partial charge is 0.0764 e. The maximum atomic E-state index is 4.43. The fraction of sp³-hybridized carbons (Fsp3) is 0.125. The van der Waals surface area contributed by atoms with E-state index in [1.54, 1.807) is 6.20 Å². The summed E-state index contributed by atoms with van der Waals surface area (Å²) < 4.78 is 1.93. The molecule has 1 N–H and O–H groups in total. The van der Waals surface area contributed by atoms with Crippen LogP contribution in [0.5, 0.6) is 0 Å². The van der Waals surface area contributed by atoms with Gasteiger partial charge in [0.2, 0.25) is 0 Å². The van der Waals surface area contributed by atoms with Crippen molar-refractivity contribution in [2.45, 2.75) is 13.5 Å². The molecule has 0 fully saturated rings. The van der Waals surface area contributed by atoms with Gasteiger partial charge in [-0.05, 0) is 31.2 Å². The molecule has 0 aliphatic heterocycles. The van der Waals surface area contributed by atoms with Gasteiger partial charge >= 0.3 is 0 Å². The fourth-order valence-corrected chi connectivity index (χ4v) is 2.10. The summed E-state index contributed by atoms with van der Waals surface area (Å²) in [4.78, 5) is 4.30. The van der Waals surface area contributed by atoms with Crippen molar-refractivity contribution in [2.24, 2.45) is 0 Å². The molecule has 0 atom stereocenters. The van der Waals surface area contributed by atoms with Gasteiger partial charge in [0.1, 0.15) is 0 Å². The third kappa shape index (κ3) is 2.54. The molecule has 0 unspecified atom stereocenters. The Balaban J connectivity index is 1.78. The minimum Gasteiger partial charge on any atom is -0.377 e. The Labute approximate surface area is 118 Å². The van der Waals surface area contributed by atoms with E-state index in [1.165, 1.54) is 0 Å². The molecule has 3 aromatic rings. The zero-order chi connectivity index (χ0) is 13.8. The zero-order valence-corrected chi connectivity index (χ0v) is 11.3. The molecule has 2 aromatic heterocycles. The van der Waals surface area contributed by atoms with Crippen molar-refractivity contribution in [1.29, 1.82) is 0 Å². The van der Waals surface area contributed by atoms with Crippen molar-refractivity contribution in [1.82, 2.24) is 14.8 Å². The van der Waals surface area contributed by atoms with E-state index < -0.39 is 0 Å². The van der Waals surface area contributed by atoms with Gasteiger partial charge in [-0.25, -0.2) is 4.68 Å². The Bertz CT molecular complexity index is 674. The molecular formula is C16H16N4. The Kier molecular flexibility index (Phi) is 3.46. The highest BCUT2D eigenvalue weighted by atomic mass is 15.3. The summed E-state index contributed by atoms with van der Waals surface area (Å²) >= 11 is 0. The van der Waals surface area contributed by atoms with Crippen LogP contribution in [0.4, 0.5) is 5.69 Å². The Morgan fingerprint density at radius 2 is 1.85 bits per heavy atom. The van der Waals surface area contributed by atoms with Crippen LogP contribution in [-0.4, -0.2) is 14.8 Å². The first-order chi connectivity index (χ1) is 9.84. The van der Waals surface area contributed by atoms with Gasteiger partial charge in [0, 0.05) is 6.20 Å². The predicted molar refractivity (Wildman–Crippen MR) is 79.9 cm³/mol. The molecule has 1 aromatic carbocycles. The Morgan fingerprint density at radius 3 is 2.60 bits per heavy atom. The highest BCUT2D eigenvalue weighted by Crippen LogP contribution is 2.18. The lowest BCUT2D eigenvalue weighted by Crippen LogP contribution is -2.03. The zero-order valence-electron chi connectivity index (χ0n) is 11.3. The minimum atomic E-state index is 0.697. The van der Waals surface area contributed by atoms with Crippen LogP contribution in [-0.2, 0) is 6.54 Å². The Hall–Kier alpha value is -2.62. The molecule has 3 rings (SSSR count). The largest absolute Gasteiger partial charge is 0.377 e. The molecule has 4 nitrogen and oxygen atoms in total. The van der Waals surface area contributed by atoms with E-state index in [4.69, 9.17) is 0 Å². The number of pyridine rings is 1. The maximum absolute atomic E-state index is 4.43. The number of aromatic nitrogens is 3. The average molecular weight is 264 g/mol. The number of nitrogens with zero attached hydrogens (tertiary/aromatic N) is 3. The summed E-state index contributed by atoms with van der Waals surface area (Å²) in [5, 5.41) is 7.81. The summed E-state index contributed by atoms with van der Waals surface area (Å²) in [6.07, 6.45) is 3.66. The van der Waals surface area contributed by atoms with Gasteiger partial charge in [-0.15, -0.1) is 0 Å². The number of para-hydroxylation sites is 1. The second-order valence-electron chi connectivity index (χ2n) is 4.57. The van der Waals surface area contributed by atoms with E-state index in [9.17, 15) is 0 Å². The lowest BCUT2D eigenvalue weighted by atomic mass is 10.3. The number of nitrogens with one attached hydrogen (secondary N) is 1. The second-order valence-corrected chi connectivity index (χ2v) is 4.57. The third-order valence-corrected chi connectivity index (χ3v) is 3.20. The molecule has 0 radical (unpaired) electrons. The molecule has 20 heavy (non-hydrogen) atoms. The van der Waals surface area contributed by atoms with E-state index >= 15 is 0 Å². The van der Waals surface area contributed by atoms with Crippen LogP contribution in [0.1, 0.15) is 11.4 Å². The first-order valence-corrected chi connectivity index (χ1v) is 6.58. The summed E-state index contributed by atoms with van der Waals surface area (Å²) in [6.45, 7) is 2.75. The number of anilines is 1. The molecule has 4 heteroatoms. The van der Waals surface area contributed by atoms with Gasteiger partial charge in [-0.1, -0.05) is 24.3 Å². The van der Waals surface area contributed by atoms with E-state index in [-0.39, 0.29) is 0 Å². The lowest BCUT2D eigenvalue weighted by Gasteiger charge is -2.07. The fourth-order valence-electron chi connectivity index (χ4n) is 2.10. The van der Waals surface area contributed by atoms with Crippen LogP contribution in [0.2, 0.25) is 0 Å². The van der Waals surface area contributed by atoms with Gasteiger partial charge in [-0.3, -0.25) is 4.98 Å². The van der Waals surface area contributed by atoms with Crippen molar-refractivity contribution >= 4 is 5.69 Å². The molecule has 0 spiro atoms. The molecule has 0 saturated heterocycles. The van der Waals surface area contributed by atoms with Crippen LogP contribution >= 0.6 is 0 Å². The normalized spacial score (nSPS) is 10.4. The molecule has 100 valence electrons. The molecule has 0 aliphatic carbocycles. The average Bonchev–Trinajstić information content (AvgIpc) is 2.88. The summed E-state index contributed by atoms with van der Waals surface area (Å²) in [5.74, 6) is 0. The van der Waals surface area contributed by atoms with Gasteiger partial charge in [0.15, 0.2) is 0 Å². The summed E-state index contributed by atoms with van der Waals surface area (Å²) in [6, 6.07) is 16.0. The lowest BCUT2D eigenvalue weighted by molar-refractivity contribution is 0.847. The van der Waals surface area contributed by atoms with Crippen LogP contribution in [0.15, 0.2) is 60.9 Å². The monoisotopic (exact) mass is 264 g/mol. The molecular weight excluding hydrogens is 248 g/mol. The quantitative estimate of drug-likeness (QED) is 0.787. The highest BCUT2D eigenvalue weighted by Gasteiger charge is 2.07. The van der Waals surface area contributed by atoms with Crippen LogP contribution in [0.25, 0.3) is 5.69 Å². The topological polar surface area (TPSA) is 42.7 Å². The van der Waals surface area contributed by atoms with Gasteiger partial charge < -0.3 is 5.32 Å². The standard InChI is InChI=1S/C16H16N4/c1-13-16(18-11-14-7-5-6-10-17-14)12-19-20(13)15-8-3-2-4-9-15/h2-10,12,18H,11H2,1H3. The molecule has 2 heterocycles. The van der Waals surface area contributed by atoms with E-state index in [2.05, 4.69) is 22.3 Å². The first-order valence-electron chi connectivity index (χ1n) is 6.58. The van der Waals surface area contributed by atoms with Gasteiger partial charge in [-0.2, -0.15) is 5.10 Å². The van der Waals surface area contributed by atoms with E-state index in [0.29, 0.717) is 6.54 Å². The molecule has 0 saturated carbocycles.